The quantitative estimate of drug-likeness (QED) is 0.888. The van der Waals surface area contributed by atoms with Crippen LogP contribution in [0.2, 0.25) is 0 Å². The van der Waals surface area contributed by atoms with E-state index in [-0.39, 0.29) is 23.8 Å². The van der Waals surface area contributed by atoms with Crippen LogP contribution in [0, 0.1) is 5.92 Å². The number of anilines is 1. The lowest BCUT2D eigenvalue weighted by atomic mass is 9.96. The van der Waals surface area contributed by atoms with E-state index in [0.717, 1.165) is 38.0 Å². The van der Waals surface area contributed by atoms with Crippen molar-refractivity contribution in [2.45, 2.75) is 25.3 Å². The molecule has 2 saturated heterocycles. The molecule has 1 aromatic carbocycles. The van der Waals surface area contributed by atoms with Gasteiger partial charge in [-0.25, -0.2) is 0 Å². The summed E-state index contributed by atoms with van der Waals surface area (Å²) >= 11 is 0. The minimum Gasteiger partial charge on any atom is -0.380 e. The summed E-state index contributed by atoms with van der Waals surface area (Å²) in [5.74, 6) is 0.0737. The van der Waals surface area contributed by atoms with E-state index in [4.69, 9.17) is 0 Å². The largest absolute Gasteiger partial charge is 0.380 e. The van der Waals surface area contributed by atoms with Crippen LogP contribution < -0.4 is 5.32 Å². The van der Waals surface area contributed by atoms with Crippen molar-refractivity contribution in [3.63, 3.8) is 0 Å². The van der Waals surface area contributed by atoms with Gasteiger partial charge in [-0.3, -0.25) is 14.6 Å². The van der Waals surface area contributed by atoms with E-state index >= 15 is 0 Å². The van der Waals surface area contributed by atoms with Gasteiger partial charge in [-0.2, -0.15) is 0 Å². The number of hydrogen-bond donors (Lipinski definition) is 1. The number of likely N-dealkylation sites (tertiary alicyclic amines) is 2. The van der Waals surface area contributed by atoms with Crippen molar-refractivity contribution < 1.29 is 9.59 Å². The number of hydrogen-bond acceptors (Lipinski definition) is 4. The summed E-state index contributed by atoms with van der Waals surface area (Å²) in [6, 6.07) is 13.9. The molecule has 2 amide bonds. The Bertz CT molecular complexity index is 812. The molecule has 2 unspecified atom stereocenters. The Morgan fingerprint density at radius 2 is 1.71 bits per heavy atom. The van der Waals surface area contributed by atoms with Crippen molar-refractivity contribution >= 4 is 17.5 Å². The van der Waals surface area contributed by atoms with Gasteiger partial charge in [-0.15, -0.1) is 0 Å². The third-order valence-corrected chi connectivity index (χ3v) is 5.63. The number of piperidine rings is 1. The Morgan fingerprint density at radius 3 is 2.50 bits per heavy atom. The van der Waals surface area contributed by atoms with Gasteiger partial charge in [0.2, 0.25) is 5.91 Å². The van der Waals surface area contributed by atoms with Crippen LogP contribution in [0.3, 0.4) is 0 Å². The van der Waals surface area contributed by atoms with Crippen LogP contribution in [0.4, 0.5) is 5.69 Å². The normalized spacial score (nSPS) is 22.1. The molecule has 2 aliphatic rings. The Labute approximate surface area is 165 Å². The number of nitrogens with zero attached hydrogens (tertiary/aromatic N) is 3. The van der Waals surface area contributed by atoms with Gasteiger partial charge in [-0.1, -0.05) is 18.2 Å². The molecule has 146 valence electrons. The summed E-state index contributed by atoms with van der Waals surface area (Å²) in [4.78, 5) is 33.5. The second kappa shape index (κ2) is 8.42. The third kappa shape index (κ3) is 4.16. The molecule has 4 rings (SSSR count). The first-order chi connectivity index (χ1) is 13.7. The average molecular weight is 378 g/mol. The Hall–Kier alpha value is -2.89. The predicted molar refractivity (Wildman–Crippen MR) is 108 cm³/mol. The number of rotatable bonds is 4. The lowest BCUT2D eigenvalue weighted by Gasteiger charge is -2.34. The van der Waals surface area contributed by atoms with Crippen LogP contribution in [-0.2, 0) is 4.79 Å². The molecule has 0 bridgehead atoms. The number of para-hydroxylation sites is 1. The number of aromatic nitrogens is 1. The number of pyridine rings is 1. The summed E-state index contributed by atoms with van der Waals surface area (Å²) in [5.41, 5.74) is 1.73. The van der Waals surface area contributed by atoms with Crippen molar-refractivity contribution in [2.75, 3.05) is 31.5 Å². The van der Waals surface area contributed by atoms with Crippen molar-refractivity contribution in [1.82, 2.24) is 14.8 Å². The fourth-order valence-corrected chi connectivity index (χ4v) is 4.15. The lowest BCUT2D eigenvalue weighted by molar-refractivity contribution is -0.135. The monoisotopic (exact) mass is 378 g/mol. The standard InChI is InChI=1S/C22H26N4O2/c27-21(17-8-11-23-12-9-17)25-13-4-5-18(15-25)22(28)26-14-10-20(16-26)24-19-6-2-1-3-7-19/h1-3,6-9,11-12,18,20,24H,4-5,10,13-16H2. The minimum atomic E-state index is -0.102. The zero-order valence-corrected chi connectivity index (χ0v) is 16.0. The van der Waals surface area contributed by atoms with E-state index in [1.807, 2.05) is 40.1 Å². The van der Waals surface area contributed by atoms with Crippen molar-refractivity contribution in [3.05, 3.63) is 60.4 Å². The minimum absolute atomic E-state index is 0.00931. The van der Waals surface area contributed by atoms with Gasteiger partial charge in [0.1, 0.15) is 0 Å². The number of amides is 2. The zero-order chi connectivity index (χ0) is 19.3. The second-order valence-electron chi connectivity index (χ2n) is 7.61. The smallest absolute Gasteiger partial charge is 0.253 e. The Kier molecular flexibility index (Phi) is 5.55. The van der Waals surface area contributed by atoms with Crippen LogP contribution in [0.25, 0.3) is 0 Å². The van der Waals surface area contributed by atoms with Crippen LogP contribution >= 0.6 is 0 Å². The van der Waals surface area contributed by atoms with Crippen molar-refractivity contribution in [1.29, 1.82) is 0 Å². The van der Waals surface area contributed by atoms with Gasteiger partial charge in [0.25, 0.3) is 5.91 Å². The molecule has 2 aromatic rings. The molecule has 2 aliphatic heterocycles. The van der Waals surface area contributed by atoms with Gasteiger partial charge in [0.15, 0.2) is 0 Å². The summed E-state index contributed by atoms with van der Waals surface area (Å²) in [6.45, 7) is 2.72. The molecular weight excluding hydrogens is 352 g/mol. The van der Waals surface area contributed by atoms with Crippen LogP contribution in [-0.4, -0.2) is 58.8 Å². The van der Waals surface area contributed by atoms with Gasteiger partial charge in [0.05, 0.1) is 5.92 Å². The number of carbonyl (C=O) groups is 2. The van der Waals surface area contributed by atoms with E-state index in [1.165, 1.54) is 0 Å². The van der Waals surface area contributed by atoms with Gasteiger partial charge >= 0.3 is 0 Å². The summed E-state index contributed by atoms with van der Waals surface area (Å²) < 4.78 is 0. The van der Waals surface area contributed by atoms with Crippen LogP contribution in [0.15, 0.2) is 54.9 Å². The molecule has 28 heavy (non-hydrogen) atoms. The van der Waals surface area contributed by atoms with E-state index in [1.54, 1.807) is 24.5 Å². The van der Waals surface area contributed by atoms with Crippen molar-refractivity contribution in [2.24, 2.45) is 5.92 Å². The van der Waals surface area contributed by atoms with Crippen LogP contribution in [0.5, 0.6) is 0 Å². The molecule has 6 heteroatoms. The Morgan fingerprint density at radius 1 is 0.929 bits per heavy atom. The van der Waals surface area contributed by atoms with Crippen molar-refractivity contribution in [3.8, 4) is 0 Å². The molecule has 0 saturated carbocycles. The maximum atomic E-state index is 13.1. The van der Waals surface area contributed by atoms with E-state index in [2.05, 4.69) is 10.3 Å². The molecule has 6 nitrogen and oxygen atoms in total. The predicted octanol–water partition coefficient (Wildman–Crippen LogP) is 2.65. The highest BCUT2D eigenvalue weighted by atomic mass is 16.2. The highest BCUT2D eigenvalue weighted by molar-refractivity contribution is 5.94. The summed E-state index contributed by atoms with van der Waals surface area (Å²) in [6.07, 6.45) is 5.93. The Balaban J connectivity index is 1.34. The molecule has 1 N–H and O–H groups in total. The van der Waals surface area contributed by atoms with E-state index in [0.29, 0.717) is 18.7 Å². The summed E-state index contributed by atoms with van der Waals surface area (Å²) in [7, 11) is 0. The number of carbonyl (C=O) groups excluding carboxylic acids is 2. The zero-order valence-electron chi connectivity index (χ0n) is 16.0. The highest BCUT2D eigenvalue weighted by Gasteiger charge is 2.34. The number of nitrogens with one attached hydrogen (secondary N) is 1. The first-order valence-corrected chi connectivity index (χ1v) is 10.0. The molecule has 2 atom stereocenters. The average Bonchev–Trinajstić information content (AvgIpc) is 3.22. The fraction of sp³-hybridized carbons (Fsp3) is 0.409. The first kappa shape index (κ1) is 18.5. The maximum absolute atomic E-state index is 13.1. The SMILES string of the molecule is O=C(c1ccncc1)N1CCCC(C(=O)N2CCC(Nc3ccccc3)C2)C1. The second-order valence-corrected chi connectivity index (χ2v) is 7.61. The van der Waals surface area contributed by atoms with E-state index in [9.17, 15) is 9.59 Å². The molecule has 0 radical (unpaired) electrons. The molecule has 3 heterocycles. The van der Waals surface area contributed by atoms with Crippen LogP contribution in [0.1, 0.15) is 29.6 Å². The van der Waals surface area contributed by atoms with Gasteiger partial charge in [0, 0.05) is 55.9 Å². The molecule has 1 aromatic heterocycles. The van der Waals surface area contributed by atoms with E-state index < -0.39 is 0 Å². The molecular formula is C22H26N4O2. The third-order valence-electron chi connectivity index (χ3n) is 5.63. The molecule has 0 aliphatic carbocycles. The number of benzene rings is 1. The molecule has 0 spiro atoms. The molecule has 2 fully saturated rings. The lowest BCUT2D eigenvalue weighted by Crippen LogP contribution is -2.46. The van der Waals surface area contributed by atoms with Gasteiger partial charge < -0.3 is 15.1 Å². The fourth-order valence-electron chi connectivity index (χ4n) is 4.15. The highest BCUT2D eigenvalue weighted by Crippen LogP contribution is 2.24. The maximum Gasteiger partial charge on any atom is 0.253 e. The summed E-state index contributed by atoms with van der Waals surface area (Å²) in [5, 5.41) is 3.51. The van der Waals surface area contributed by atoms with Gasteiger partial charge in [-0.05, 0) is 43.5 Å². The first-order valence-electron chi connectivity index (χ1n) is 10.0. The topological polar surface area (TPSA) is 65.5 Å².